The molecule has 7 nitrogen and oxygen atoms in total. The predicted molar refractivity (Wildman–Crippen MR) is 107 cm³/mol. The molecular formula is C15H14IN3O4S2. The number of anilines is 1. The SMILES string of the molecule is COc1ccc(C(=O)NC(=S)Nc2ccc(S(N)(=O)=O)cc2)cc1I. The molecule has 1 amide bonds. The Balaban J connectivity index is 2.02. The maximum Gasteiger partial charge on any atom is 0.257 e. The van der Waals surface area contributed by atoms with Gasteiger partial charge in [0.05, 0.1) is 15.6 Å². The van der Waals surface area contributed by atoms with Gasteiger partial charge in [0, 0.05) is 11.3 Å². The molecule has 2 rings (SSSR count). The molecule has 0 radical (unpaired) electrons. The Hall–Kier alpha value is -1.76. The van der Waals surface area contributed by atoms with Crippen molar-refractivity contribution in [3.8, 4) is 5.75 Å². The summed E-state index contributed by atoms with van der Waals surface area (Å²) >= 11 is 7.16. The molecule has 0 saturated heterocycles. The molecule has 0 fully saturated rings. The minimum Gasteiger partial charge on any atom is -0.496 e. The van der Waals surface area contributed by atoms with Gasteiger partial charge in [-0.15, -0.1) is 0 Å². The third-order valence-corrected chi connectivity index (χ3v) is 5.06. The normalized spacial score (nSPS) is 10.8. The Morgan fingerprint density at radius 2 is 1.84 bits per heavy atom. The van der Waals surface area contributed by atoms with E-state index in [-0.39, 0.29) is 15.9 Å². The second kappa shape index (κ2) is 8.08. The van der Waals surface area contributed by atoms with Gasteiger partial charge in [0.2, 0.25) is 10.0 Å². The zero-order valence-corrected chi connectivity index (χ0v) is 16.7. The minimum absolute atomic E-state index is 0.0131. The van der Waals surface area contributed by atoms with Crippen LogP contribution in [0.1, 0.15) is 10.4 Å². The van der Waals surface area contributed by atoms with Gasteiger partial charge < -0.3 is 10.1 Å². The molecule has 0 bridgehead atoms. The number of ether oxygens (including phenoxy) is 1. The molecule has 10 heteroatoms. The number of halogens is 1. The molecule has 0 unspecified atom stereocenters. The number of methoxy groups -OCH3 is 1. The summed E-state index contributed by atoms with van der Waals surface area (Å²) in [4.78, 5) is 12.2. The van der Waals surface area contributed by atoms with Gasteiger partial charge in [-0.05, 0) is 77.3 Å². The first kappa shape index (κ1) is 19.6. The number of carbonyl (C=O) groups excluding carboxylic acids is 1. The van der Waals surface area contributed by atoms with Crippen molar-refractivity contribution >= 4 is 61.5 Å². The average Bonchev–Trinajstić information content (AvgIpc) is 2.54. The summed E-state index contributed by atoms with van der Waals surface area (Å²) in [6.45, 7) is 0. The van der Waals surface area contributed by atoms with Crippen molar-refractivity contribution in [1.82, 2.24) is 5.32 Å². The van der Waals surface area contributed by atoms with E-state index in [0.717, 1.165) is 3.57 Å². The summed E-state index contributed by atoms with van der Waals surface area (Å²) in [6.07, 6.45) is 0. The zero-order valence-electron chi connectivity index (χ0n) is 12.9. The second-order valence-corrected chi connectivity index (χ2v) is 7.96. The second-order valence-electron chi connectivity index (χ2n) is 4.83. The first-order valence-electron chi connectivity index (χ1n) is 6.79. The Morgan fingerprint density at radius 1 is 1.20 bits per heavy atom. The van der Waals surface area contributed by atoms with E-state index in [1.54, 1.807) is 25.3 Å². The minimum atomic E-state index is -3.75. The number of benzene rings is 2. The number of thiocarbonyl (C=S) groups is 1. The third-order valence-electron chi connectivity index (χ3n) is 3.08. The molecule has 25 heavy (non-hydrogen) atoms. The molecular weight excluding hydrogens is 477 g/mol. The lowest BCUT2D eigenvalue weighted by molar-refractivity contribution is 0.0977. The molecule has 132 valence electrons. The van der Waals surface area contributed by atoms with E-state index in [1.807, 2.05) is 0 Å². The van der Waals surface area contributed by atoms with Gasteiger partial charge in [0.1, 0.15) is 5.75 Å². The first-order valence-corrected chi connectivity index (χ1v) is 9.83. The van der Waals surface area contributed by atoms with Crippen LogP contribution < -0.4 is 20.5 Å². The maximum atomic E-state index is 12.2. The number of hydrogen-bond donors (Lipinski definition) is 3. The topological polar surface area (TPSA) is 111 Å². The van der Waals surface area contributed by atoms with Crippen molar-refractivity contribution in [3.05, 3.63) is 51.6 Å². The van der Waals surface area contributed by atoms with Gasteiger partial charge in [0.25, 0.3) is 5.91 Å². The van der Waals surface area contributed by atoms with E-state index in [1.165, 1.54) is 24.3 Å². The van der Waals surface area contributed by atoms with Crippen LogP contribution in [-0.4, -0.2) is 26.5 Å². The highest BCUT2D eigenvalue weighted by Gasteiger charge is 2.11. The van der Waals surface area contributed by atoms with Crippen LogP contribution >= 0.6 is 34.8 Å². The fraction of sp³-hybridized carbons (Fsp3) is 0.0667. The van der Waals surface area contributed by atoms with Crippen LogP contribution in [0.25, 0.3) is 0 Å². The van der Waals surface area contributed by atoms with Gasteiger partial charge >= 0.3 is 0 Å². The number of rotatable bonds is 4. The lowest BCUT2D eigenvalue weighted by atomic mass is 10.2. The number of hydrogen-bond acceptors (Lipinski definition) is 5. The Labute approximate surface area is 164 Å². The van der Waals surface area contributed by atoms with Crippen molar-refractivity contribution in [2.75, 3.05) is 12.4 Å². The van der Waals surface area contributed by atoms with Crippen molar-refractivity contribution in [2.45, 2.75) is 4.90 Å². The smallest absolute Gasteiger partial charge is 0.257 e. The van der Waals surface area contributed by atoms with Crippen LogP contribution in [0.5, 0.6) is 5.75 Å². The van der Waals surface area contributed by atoms with E-state index in [2.05, 4.69) is 33.2 Å². The Kier molecular flexibility index (Phi) is 6.32. The van der Waals surface area contributed by atoms with Crippen LogP contribution in [0.2, 0.25) is 0 Å². The summed E-state index contributed by atoms with van der Waals surface area (Å²) in [6, 6.07) is 10.7. The fourth-order valence-corrected chi connectivity index (χ4v) is 3.33. The number of amides is 1. The molecule has 0 aromatic heterocycles. The van der Waals surface area contributed by atoms with Crippen LogP contribution in [0.3, 0.4) is 0 Å². The van der Waals surface area contributed by atoms with Crippen LogP contribution in [0.4, 0.5) is 5.69 Å². The molecule has 0 aliphatic heterocycles. The summed E-state index contributed by atoms with van der Waals surface area (Å²) in [5.74, 6) is 0.298. The monoisotopic (exact) mass is 491 g/mol. The number of primary sulfonamides is 1. The van der Waals surface area contributed by atoms with Crippen LogP contribution in [0, 0.1) is 3.57 Å². The van der Waals surface area contributed by atoms with E-state index in [9.17, 15) is 13.2 Å². The quantitative estimate of drug-likeness (QED) is 0.446. The van der Waals surface area contributed by atoms with E-state index in [0.29, 0.717) is 17.0 Å². The summed E-state index contributed by atoms with van der Waals surface area (Å²) in [5.41, 5.74) is 0.945. The molecule has 0 atom stereocenters. The van der Waals surface area contributed by atoms with Crippen molar-refractivity contribution in [3.63, 3.8) is 0 Å². The number of carbonyl (C=O) groups is 1. The van der Waals surface area contributed by atoms with Gasteiger partial charge in [-0.3, -0.25) is 10.1 Å². The highest BCUT2D eigenvalue weighted by atomic mass is 127. The lowest BCUT2D eigenvalue weighted by Gasteiger charge is -2.11. The Bertz CT molecular complexity index is 915. The lowest BCUT2D eigenvalue weighted by Crippen LogP contribution is -2.34. The first-order chi connectivity index (χ1) is 11.7. The fourth-order valence-electron chi connectivity index (χ4n) is 1.87. The highest BCUT2D eigenvalue weighted by Crippen LogP contribution is 2.21. The molecule has 0 heterocycles. The summed E-state index contributed by atoms with van der Waals surface area (Å²) in [7, 11) is -2.20. The van der Waals surface area contributed by atoms with Gasteiger partial charge in [-0.25, -0.2) is 13.6 Å². The van der Waals surface area contributed by atoms with E-state index >= 15 is 0 Å². The summed E-state index contributed by atoms with van der Waals surface area (Å²) in [5, 5.41) is 10.5. The largest absolute Gasteiger partial charge is 0.496 e. The number of sulfonamides is 1. The van der Waals surface area contributed by atoms with Gasteiger partial charge in [-0.1, -0.05) is 0 Å². The van der Waals surface area contributed by atoms with Gasteiger partial charge in [0.15, 0.2) is 5.11 Å². The molecule has 0 aliphatic rings. The molecule has 2 aromatic rings. The van der Waals surface area contributed by atoms with Crippen LogP contribution in [-0.2, 0) is 10.0 Å². The van der Waals surface area contributed by atoms with Crippen LogP contribution in [0.15, 0.2) is 47.4 Å². The highest BCUT2D eigenvalue weighted by molar-refractivity contribution is 14.1. The van der Waals surface area contributed by atoms with E-state index in [4.69, 9.17) is 22.1 Å². The molecule has 0 saturated carbocycles. The molecule has 2 aromatic carbocycles. The molecule has 4 N–H and O–H groups in total. The van der Waals surface area contributed by atoms with Crippen molar-refractivity contribution < 1.29 is 17.9 Å². The maximum absolute atomic E-state index is 12.2. The standard InChI is InChI=1S/C15H14IN3O4S2/c1-23-13-7-2-9(8-12(13)16)14(20)19-15(24)18-10-3-5-11(6-4-10)25(17,21)22/h2-8H,1H3,(H2,17,21,22)(H2,18,19,20,24). The van der Waals surface area contributed by atoms with Gasteiger partial charge in [-0.2, -0.15) is 0 Å². The third kappa shape index (κ3) is 5.36. The number of nitrogens with one attached hydrogen (secondary N) is 2. The van der Waals surface area contributed by atoms with Crippen molar-refractivity contribution in [1.29, 1.82) is 0 Å². The molecule has 0 spiro atoms. The van der Waals surface area contributed by atoms with Crippen molar-refractivity contribution in [2.24, 2.45) is 5.14 Å². The predicted octanol–water partition coefficient (Wildman–Crippen LogP) is 2.07. The van der Waals surface area contributed by atoms with E-state index < -0.39 is 10.0 Å². The molecule has 0 aliphatic carbocycles. The average molecular weight is 491 g/mol. The summed E-state index contributed by atoms with van der Waals surface area (Å²) < 4.78 is 28.4. The zero-order chi connectivity index (χ0) is 18.6. The Morgan fingerprint density at radius 3 is 2.36 bits per heavy atom. The number of nitrogens with two attached hydrogens (primary N) is 1.